The fourth-order valence-corrected chi connectivity index (χ4v) is 4.80. The molecule has 0 fully saturated rings. The van der Waals surface area contributed by atoms with Crippen LogP contribution in [0.2, 0.25) is 0 Å². The molecule has 0 aliphatic heterocycles. The van der Waals surface area contributed by atoms with Gasteiger partial charge in [-0.3, -0.25) is 9.36 Å². The van der Waals surface area contributed by atoms with Gasteiger partial charge in [-0.1, -0.05) is 49.0 Å². The molecule has 7 heteroatoms. The van der Waals surface area contributed by atoms with Crippen molar-refractivity contribution in [2.45, 2.75) is 12.1 Å². The lowest BCUT2D eigenvalue weighted by molar-refractivity contribution is 0.823. The second-order valence-corrected chi connectivity index (χ2v) is 8.18. The van der Waals surface area contributed by atoms with E-state index in [1.54, 1.807) is 16.3 Å². The molecule has 3 heterocycles. The van der Waals surface area contributed by atoms with Gasteiger partial charge in [-0.15, -0.1) is 11.3 Å². The second-order valence-electron chi connectivity index (χ2n) is 5.95. The van der Waals surface area contributed by atoms with Crippen LogP contribution in [0.25, 0.3) is 37.3 Å². The third-order valence-corrected chi connectivity index (χ3v) is 6.13. The molecule has 5 aromatic rings. The summed E-state index contributed by atoms with van der Waals surface area (Å²) in [6.45, 7) is 2.05. The van der Waals surface area contributed by atoms with E-state index in [1.807, 2.05) is 54.6 Å². The standard InChI is InChI=1S/C20H14N4OS2/c1-2-26-20-23-15-16-18(22-14-11-7-6-10-13(14)21-16)27-17(15)19(25)24(20)12-8-4-3-5-9-12/h3-11H,2H2,1H3. The van der Waals surface area contributed by atoms with Gasteiger partial charge in [0.1, 0.15) is 20.6 Å². The Labute approximate surface area is 162 Å². The lowest BCUT2D eigenvalue weighted by atomic mass is 10.3. The Bertz CT molecular complexity index is 1360. The summed E-state index contributed by atoms with van der Waals surface area (Å²) in [6.07, 6.45) is 0. The van der Waals surface area contributed by atoms with Gasteiger partial charge in [0.2, 0.25) is 0 Å². The molecule has 5 rings (SSSR count). The van der Waals surface area contributed by atoms with E-state index in [1.165, 1.54) is 11.3 Å². The van der Waals surface area contributed by atoms with E-state index in [4.69, 9.17) is 15.0 Å². The van der Waals surface area contributed by atoms with Gasteiger partial charge >= 0.3 is 0 Å². The largest absolute Gasteiger partial charge is 0.276 e. The number of hydrogen-bond donors (Lipinski definition) is 0. The van der Waals surface area contributed by atoms with Gasteiger partial charge in [-0.05, 0) is 30.0 Å². The van der Waals surface area contributed by atoms with Crippen LogP contribution in [0.5, 0.6) is 0 Å². The average molecular weight is 390 g/mol. The van der Waals surface area contributed by atoms with Gasteiger partial charge in [-0.25, -0.2) is 15.0 Å². The summed E-state index contributed by atoms with van der Waals surface area (Å²) < 4.78 is 2.27. The predicted molar refractivity (Wildman–Crippen MR) is 112 cm³/mol. The number of nitrogens with zero attached hydrogens (tertiary/aromatic N) is 4. The van der Waals surface area contributed by atoms with Crippen molar-refractivity contribution in [3.8, 4) is 5.69 Å². The minimum Gasteiger partial charge on any atom is -0.267 e. The molecule has 0 atom stereocenters. The Kier molecular flexibility index (Phi) is 3.91. The fraction of sp³-hybridized carbons (Fsp3) is 0.100. The van der Waals surface area contributed by atoms with Crippen LogP contribution in [0.15, 0.2) is 64.5 Å². The first-order chi connectivity index (χ1) is 13.3. The third kappa shape index (κ3) is 2.62. The first kappa shape index (κ1) is 16.4. The quantitative estimate of drug-likeness (QED) is 0.331. The van der Waals surface area contributed by atoms with Crippen LogP contribution in [0, 0.1) is 0 Å². The molecule has 27 heavy (non-hydrogen) atoms. The van der Waals surface area contributed by atoms with Crippen molar-refractivity contribution in [1.29, 1.82) is 0 Å². The number of rotatable bonds is 3. The minimum absolute atomic E-state index is 0.0731. The van der Waals surface area contributed by atoms with Gasteiger partial charge in [0.05, 0.1) is 16.7 Å². The summed E-state index contributed by atoms with van der Waals surface area (Å²) in [7, 11) is 0. The van der Waals surface area contributed by atoms with Crippen LogP contribution < -0.4 is 5.56 Å². The van der Waals surface area contributed by atoms with Crippen molar-refractivity contribution in [3.05, 3.63) is 65.0 Å². The molecule has 0 aliphatic carbocycles. The Hall–Kier alpha value is -2.77. The smallest absolute Gasteiger partial charge is 0.267 e. The van der Waals surface area contributed by atoms with E-state index >= 15 is 0 Å². The van der Waals surface area contributed by atoms with Crippen molar-refractivity contribution in [1.82, 2.24) is 19.5 Å². The number of para-hydroxylation sites is 3. The summed E-state index contributed by atoms with van der Waals surface area (Å²) in [6, 6.07) is 17.4. The highest BCUT2D eigenvalue weighted by Crippen LogP contribution is 2.31. The van der Waals surface area contributed by atoms with E-state index < -0.39 is 0 Å². The molecular formula is C20H14N4OS2. The molecule has 0 radical (unpaired) electrons. The zero-order chi connectivity index (χ0) is 18.4. The van der Waals surface area contributed by atoms with Gasteiger partial charge in [-0.2, -0.15) is 0 Å². The van der Waals surface area contributed by atoms with Crippen LogP contribution in [0.3, 0.4) is 0 Å². The molecule has 3 aromatic heterocycles. The van der Waals surface area contributed by atoms with Crippen molar-refractivity contribution < 1.29 is 0 Å². The Morgan fingerprint density at radius 3 is 2.37 bits per heavy atom. The number of fused-ring (bicyclic) bond motifs is 4. The highest BCUT2D eigenvalue weighted by Gasteiger charge is 2.19. The van der Waals surface area contributed by atoms with E-state index in [0.717, 1.165) is 27.3 Å². The van der Waals surface area contributed by atoms with Crippen molar-refractivity contribution >= 4 is 54.7 Å². The summed E-state index contributed by atoms with van der Waals surface area (Å²) in [5.74, 6) is 0.821. The molecule has 0 saturated carbocycles. The van der Waals surface area contributed by atoms with E-state index in [-0.39, 0.29) is 5.56 Å². The number of hydrogen-bond acceptors (Lipinski definition) is 6. The monoisotopic (exact) mass is 390 g/mol. The number of thioether (sulfide) groups is 1. The average Bonchev–Trinajstić information content (AvgIpc) is 3.05. The number of thiophene rings is 1. The molecule has 2 aromatic carbocycles. The van der Waals surface area contributed by atoms with Crippen LogP contribution >= 0.6 is 23.1 Å². The van der Waals surface area contributed by atoms with E-state index in [0.29, 0.717) is 20.9 Å². The molecule has 0 spiro atoms. The van der Waals surface area contributed by atoms with Gasteiger partial charge in [0.15, 0.2) is 5.16 Å². The molecule has 0 N–H and O–H groups in total. The van der Waals surface area contributed by atoms with Gasteiger partial charge in [0.25, 0.3) is 5.56 Å². The van der Waals surface area contributed by atoms with Crippen LogP contribution in [-0.4, -0.2) is 25.3 Å². The molecule has 0 amide bonds. The van der Waals surface area contributed by atoms with Gasteiger partial charge < -0.3 is 0 Å². The first-order valence-electron chi connectivity index (χ1n) is 8.56. The Balaban J connectivity index is 1.90. The second kappa shape index (κ2) is 6.44. The molecule has 132 valence electrons. The highest BCUT2D eigenvalue weighted by atomic mass is 32.2. The lowest BCUT2D eigenvalue weighted by Crippen LogP contribution is -2.20. The summed E-state index contributed by atoms with van der Waals surface area (Å²) in [5.41, 5.74) is 3.71. The molecule has 5 nitrogen and oxygen atoms in total. The third-order valence-electron chi connectivity index (χ3n) is 4.26. The summed E-state index contributed by atoms with van der Waals surface area (Å²) in [4.78, 5) is 28.4. The number of aromatic nitrogens is 4. The zero-order valence-electron chi connectivity index (χ0n) is 14.4. The first-order valence-corrected chi connectivity index (χ1v) is 10.4. The minimum atomic E-state index is -0.0731. The highest BCUT2D eigenvalue weighted by molar-refractivity contribution is 7.99. The van der Waals surface area contributed by atoms with E-state index in [2.05, 4.69) is 6.92 Å². The zero-order valence-corrected chi connectivity index (χ0v) is 16.0. The molecule has 0 bridgehead atoms. The maximum Gasteiger partial charge on any atom is 0.276 e. The summed E-state index contributed by atoms with van der Waals surface area (Å²) in [5, 5.41) is 0.677. The van der Waals surface area contributed by atoms with Crippen LogP contribution in [0.1, 0.15) is 6.92 Å². The van der Waals surface area contributed by atoms with Crippen LogP contribution in [0.4, 0.5) is 0 Å². The van der Waals surface area contributed by atoms with Crippen LogP contribution in [-0.2, 0) is 0 Å². The molecule has 0 unspecified atom stereocenters. The van der Waals surface area contributed by atoms with Gasteiger partial charge in [0, 0.05) is 0 Å². The Morgan fingerprint density at radius 2 is 1.63 bits per heavy atom. The normalized spacial score (nSPS) is 11.6. The predicted octanol–water partition coefficient (Wildman–Crippen LogP) is 4.66. The fourth-order valence-electron chi connectivity index (χ4n) is 3.08. The maximum atomic E-state index is 13.4. The Morgan fingerprint density at radius 1 is 0.926 bits per heavy atom. The molecular weight excluding hydrogens is 376 g/mol. The number of benzene rings is 2. The molecule has 0 aliphatic rings. The molecule has 0 saturated heterocycles. The van der Waals surface area contributed by atoms with Crippen molar-refractivity contribution in [2.75, 3.05) is 5.75 Å². The maximum absolute atomic E-state index is 13.4. The summed E-state index contributed by atoms with van der Waals surface area (Å²) >= 11 is 2.91. The lowest BCUT2D eigenvalue weighted by Gasteiger charge is -2.11. The SMILES string of the molecule is CCSc1nc2c(sc3nc4ccccc4nc32)c(=O)n1-c1ccccc1. The topological polar surface area (TPSA) is 60.7 Å². The van der Waals surface area contributed by atoms with Crippen molar-refractivity contribution in [2.24, 2.45) is 0 Å². The van der Waals surface area contributed by atoms with Crippen molar-refractivity contribution in [3.63, 3.8) is 0 Å². The van der Waals surface area contributed by atoms with E-state index in [9.17, 15) is 4.79 Å².